The van der Waals surface area contributed by atoms with Crippen molar-refractivity contribution in [3.63, 3.8) is 0 Å². The molecule has 1 aliphatic heterocycles. The molecule has 112 valence electrons. The Morgan fingerprint density at radius 1 is 1.25 bits per heavy atom. The van der Waals surface area contributed by atoms with Crippen molar-refractivity contribution in [1.82, 2.24) is 10.2 Å². The highest BCUT2D eigenvalue weighted by molar-refractivity contribution is 5.44. The van der Waals surface area contributed by atoms with Gasteiger partial charge >= 0.3 is 0 Å². The Kier molecular flexibility index (Phi) is 5.20. The molecule has 0 aliphatic carbocycles. The van der Waals surface area contributed by atoms with E-state index in [0.717, 1.165) is 26.2 Å². The fraction of sp³-hybridized carbons (Fsp3) is 0.600. The zero-order valence-electron chi connectivity index (χ0n) is 12.4. The van der Waals surface area contributed by atoms with Crippen LogP contribution in [0.1, 0.15) is 19.4 Å². The minimum Gasteiger partial charge on any atom is -0.493 e. The monoisotopic (exact) mass is 282 g/mol. The average molecular weight is 282 g/mol. The van der Waals surface area contributed by atoms with Crippen LogP contribution in [0.25, 0.3) is 0 Å². The Balaban J connectivity index is 2.16. The molecule has 0 radical (unpaired) electrons. The van der Waals surface area contributed by atoms with Crippen LogP contribution in [0.2, 0.25) is 0 Å². The Morgan fingerprint density at radius 2 is 1.95 bits per heavy atom. The minimum atomic E-state index is -0.236. The van der Waals surface area contributed by atoms with E-state index >= 15 is 0 Å². The number of ether oxygens (including phenoxy) is 2. The van der Waals surface area contributed by atoms with Crippen LogP contribution in [-0.4, -0.2) is 44.3 Å². The first-order valence-corrected chi connectivity index (χ1v) is 7.06. The van der Waals surface area contributed by atoms with E-state index in [1.165, 1.54) is 6.07 Å². The highest BCUT2D eigenvalue weighted by atomic mass is 19.1. The molecule has 1 aromatic carbocycles. The number of hydrogen-bond acceptors (Lipinski definition) is 4. The zero-order chi connectivity index (χ0) is 14.5. The molecule has 1 fully saturated rings. The van der Waals surface area contributed by atoms with Gasteiger partial charge in [-0.05, 0) is 19.9 Å². The molecular weight excluding hydrogens is 259 g/mol. The molecule has 0 unspecified atom stereocenters. The van der Waals surface area contributed by atoms with Crippen molar-refractivity contribution in [1.29, 1.82) is 0 Å². The van der Waals surface area contributed by atoms with Crippen LogP contribution in [0.3, 0.4) is 0 Å². The van der Waals surface area contributed by atoms with Gasteiger partial charge in [0, 0.05) is 44.4 Å². The van der Waals surface area contributed by atoms with Crippen molar-refractivity contribution in [2.24, 2.45) is 0 Å². The molecule has 2 rings (SSSR count). The SMILES string of the molecule is COc1cc(CN2CCNCC2)c(F)cc1OC(C)C. The van der Waals surface area contributed by atoms with Crippen molar-refractivity contribution >= 4 is 0 Å². The first-order valence-electron chi connectivity index (χ1n) is 7.06. The Bertz CT molecular complexity index is 446. The topological polar surface area (TPSA) is 33.7 Å². The number of piperazine rings is 1. The molecule has 0 spiro atoms. The lowest BCUT2D eigenvalue weighted by Crippen LogP contribution is -2.43. The summed E-state index contributed by atoms with van der Waals surface area (Å²) >= 11 is 0. The molecule has 0 bridgehead atoms. The Hall–Kier alpha value is -1.33. The summed E-state index contributed by atoms with van der Waals surface area (Å²) in [5.41, 5.74) is 0.653. The van der Waals surface area contributed by atoms with Crippen LogP contribution in [0.15, 0.2) is 12.1 Å². The van der Waals surface area contributed by atoms with Gasteiger partial charge in [0.25, 0.3) is 0 Å². The summed E-state index contributed by atoms with van der Waals surface area (Å²) in [5.74, 6) is 0.814. The van der Waals surface area contributed by atoms with Gasteiger partial charge in [0.1, 0.15) is 5.82 Å². The molecule has 4 nitrogen and oxygen atoms in total. The Morgan fingerprint density at radius 3 is 2.55 bits per heavy atom. The van der Waals surface area contributed by atoms with E-state index in [1.54, 1.807) is 13.2 Å². The Labute approximate surface area is 119 Å². The second-order valence-corrected chi connectivity index (χ2v) is 5.29. The summed E-state index contributed by atoms with van der Waals surface area (Å²) in [6, 6.07) is 3.17. The minimum absolute atomic E-state index is 0.0117. The highest BCUT2D eigenvalue weighted by Gasteiger charge is 2.16. The highest BCUT2D eigenvalue weighted by Crippen LogP contribution is 2.31. The van der Waals surface area contributed by atoms with Crippen LogP contribution in [0.5, 0.6) is 11.5 Å². The molecule has 0 aromatic heterocycles. The van der Waals surface area contributed by atoms with Crippen molar-refractivity contribution in [3.8, 4) is 11.5 Å². The second kappa shape index (κ2) is 6.90. The van der Waals surface area contributed by atoms with E-state index in [1.807, 2.05) is 13.8 Å². The summed E-state index contributed by atoms with van der Waals surface area (Å²) < 4.78 is 25.1. The number of methoxy groups -OCH3 is 1. The van der Waals surface area contributed by atoms with Gasteiger partial charge in [-0.3, -0.25) is 4.90 Å². The summed E-state index contributed by atoms with van der Waals surface area (Å²) in [5, 5.41) is 3.29. The summed E-state index contributed by atoms with van der Waals surface area (Å²) in [6.45, 7) is 8.20. The molecule has 1 heterocycles. The molecule has 0 amide bonds. The van der Waals surface area contributed by atoms with E-state index in [2.05, 4.69) is 10.2 Å². The van der Waals surface area contributed by atoms with Crippen LogP contribution < -0.4 is 14.8 Å². The molecule has 1 aliphatic rings. The third-order valence-corrected chi connectivity index (χ3v) is 3.30. The van der Waals surface area contributed by atoms with E-state index in [0.29, 0.717) is 23.6 Å². The first kappa shape index (κ1) is 15.1. The van der Waals surface area contributed by atoms with E-state index in [-0.39, 0.29) is 11.9 Å². The number of nitrogens with zero attached hydrogens (tertiary/aromatic N) is 1. The van der Waals surface area contributed by atoms with Gasteiger partial charge in [-0.25, -0.2) is 4.39 Å². The third-order valence-electron chi connectivity index (χ3n) is 3.30. The third kappa shape index (κ3) is 3.84. The molecule has 1 saturated heterocycles. The van der Waals surface area contributed by atoms with Gasteiger partial charge in [0.2, 0.25) is 0 Å². The first-order chi connectivity index (χ1) is 9.60. The predicted molar refractivity (Wildman–Crippen MR) is 76.9 cm³/mol. The van der Waals surface area contributed by atoms with Crippen molar-refractivity contribution < 1.29 is 13.9 Å². The molecule has 0 saturated carbocycles. The van der Waals surface area contributed by atoms with Crippen LogP contribution >= 0.6 is 0 Å². The lowest BCUT2D eigenvalue weighted by molar-refractivity contribution is 0.222. The van der Waals surface area contributed by atoms with E-state index < -0.39 is 0 Å². The molecule has 1 N–H and O–H groups in total. The molecule has 1 aromatic rings. The quantitative estimate of drug-likeness (QED) is 0.896. The summed E-state index contributed by atoms with van der Waals surface area (Å²) in [6.07, 6.45) is -0.0117. The van der Waals surface area contributed by atoms with Crippen LogP contribution in [0, 0.1) is 5.82 Å². The smallest absolute Gasteiger partial charge is 0.164 e. The van der Waals surface area contributed by atoms with Gasteiger partial charge in [0.15, 0.2) is 11.5 Å². The van der Waals surface area contributed by atoms with E-state index in [9.17, 15) is 4.39 Å². The largest absolute Gasteiger partial charge is 0.493 e. The van der Waals surface area contributed by atoms with Gasteiger partial charge in [0.05, 0.1) is 13.2 Å². The molecular formula is C15H23FN2O2. The van der Waals surface area contributed by atoms with Crippen molar-refractivity contribution in [3.05, 3.63) is 23.5 Å². The van der Waals surface area contributed by atoms with Crippen LogP contribution in [0.4, 0.5) is 4.39 Å². The van der Waals surface area contributed by atoms with Gasteiger partial charge in [-0.1, -0.05) is 0 Å². The normalized spacial score (nSPS) is 16.4. The molecule has 5 heteroatoms. The zero-order valence-corrected chi connectivity index (χ0v) is 12.4. The number of halogens is 1. The standard InChI is InChI=1S/C15H23FN2O2/c1-11(2)20-15-9-13(16)12(8-14(15)19-3)10-18-6-4-17-5-7-18/h8-9,11,17H,4-7,10H2,1-3H3. The predicted octanol–water partition coefficient (Wildman–Crippen LogP) is 2.03. The number of rotatable bonds is 5. The lowest BCUT2D eigenvalue weighted by atomic mass is 10.1. The fourth-order valence-corrected chi connectivity index (χ4v) is 2.31. The number of nitrogens with one attached hydrogen (secondary N) is 1. The lowest BCUT2D eigenvalue weighted by Gasteiger charge is -2.27. The van der Waals surface area contributed by atoms with Gasteiger partial charge < -0.3 is 14.8 Å². The van der Waals surface area contributed by atoms with Crippen molar-refractivity contribution in [2.75, 3.05) is 33.3 Å². The van der Waals surface area contributed by atoms with Crippen LogP contribution in [-0.2, 0) is 6.54 Å². The van der Waals surface area contributed by atoms with E-state index in [4.69, 9.17) is 9.47 Å². The average Bonchev–Trinajstić information content (AvgIpc) is 2.42. The maximum Gasteiger partial charge on any atom is 0.164 e. The van der Waals surface area contributed by atoms with Crippen molar-refractivity contribution in [2.45, 2.75) is 26.5 Å². The number of benzene rings is 1. The fourth-order valence-electron chi connectivity index (χ4n) is 2.31. The molecule has 20 heavy (non-hydrogen) atoms. The summed E-state index contributed by atoms with van der Waals surface area (Å²) in [4.78, 5) is 2.23. The van der Waals surface area contributed by atoms with Gasteiger partial charge in [-0.2, -0.15) is 0 Å². The maximum absolute atomic E-state index is 14.2. The molecule has 0 atom stereocenters. The maximum atomic E-state index is 14.2. The number of hydrogen-bond donors (Lipinski definition) is 1. The van der Waals surface area contributed by atoms with Gasteiger partial charge in [-0.15, -0.1) is 0 Å². The second-order valence-electron chi connectivity index (χ2n) is 5.29. The summed E-state index contributed by atoms with van der Waals surface area (Å²) in [7, 11) is 1.58.